The number of aromatic nitrogens is 1. The third-order valence-electron chi connectivity index (χ3n) is 5.93. The smallest absolute Gasteiger partial charge is 0.341 e. The number of pyridine rings is 1. The van der Waals surface area contributed by atoms with Crippen molar-refractivity contribution in [2.24, 2.45) is 5.73 Å². The van der Waals surface area contributed by atoms with Crippen LogP contribution in [0, 0.1) is 11.6 Å². The molecule has 4 rings (SSSR count). The van der Waals surface area contributed by atoms with Crippen LogP contribution in [0.5, 0.6) is 0 Å². The van der Waals surface area contributed by atoms with Crippen molar-refractivity contribution in [3.63, 3.8) is 0 Å². The van der Waals surface area contributed by atoms with Crippen LogP contribution in [0.3, 0.4) is 0 Å². The van der Waals surface area contributed by atoms with E-state index >= 15 is 0 Å². The van der Waals surface area contributed by atoms with Crippen LogP contribution in [0.15, 0.2) is 79.1 Å². The molecular weight excluding hydrogens is 518 g/mol. The maximum atomic E-state index is 14.5. The Labute approximate surface area is 229 Å². The van der Waals surface area contributed by atoms with Crippen LogP contribution >= 0.6 is 0 Å². The zero-order chi connectivity index (χ0) is 28.6. The molecule has 4 N–H and O–H groups in total. The van der Waals surface area contributed by atoms with Gasteiger partial charge in [0.1, 0.15) is 5.82 Å². The van der Waals surface area contributed by atoms with Gasteiger partial charge in [-0.2, -0.15) is 0 Å². The van der Waals surface area contributed by atoms with E-state index in [9.17, 15) is 23.2 Å². The van der Waals surface area contributed by atoms with Crippen molar-refractivity contribution in [2.45, 2.75) is 19.9 Å². The van der Waals surface area contributed by atoms with E-state index in [0.717, 1.165) is 17.8 Å². The molecule has 1 aromatic heterocycles. The first-order valence-electron chi connectivity index (χ1n) is 12.4. The summed E-state index contributed by atoms with van der Waals surface area (Å²) in [4.78, 5) is 41.4. The number of esters is 1. The van der Waals surface area contributed by atoms with Crippen LogP contribution in [-0.2, 0) is 11.3 Å². The molecular formula is C30H26F2N4O4. The zero-order valence-electron chi connectivity index (χ0n) is 21.5. The number of halogens is 2. The van der Waals surface area contributed by atoms with Crippen LogP contribution in [0.25, 0.3) is 11.1 Å². The van der Waals surface area contributed by atoms with Gasteiger partial charge >= 0.3 is 5.97 Å². The summed E-state index contributed by atoms with van der Waals surface area (Å²) in [6.07, 6.45) is 2.97. The number of anilines is 2. The summed E-state index contributed by atoms with van der Waals surface area (Å²) in [7, 11) is 0. The van der Waals surface area contributed by atoms with Crippen molar-refractivity contribution in [3.05, 3.63) is 113 Å². The highest BCUT2D eigenvalue weighted by Crippen LogP contribution is 2.27. The molecule has 0 unspecified atom stereocenters. The fraction of sp³-hybridized carbons (Fsp3) is 0.133. The van der Waals surface area contributed by atoms with Gasteiger partial charge < -0.3 is 21.1 Å². The normalized spacial score (nSPS) is 10.6. The molecule has 0 saturated carbocycles. The summed E-state index contributed by atoms with van der Waals surface area (Å²) in [5, 5.41) is 5.13. The summed E-state index contributed by atoms with van der Waals surface area (Å²) < 4.78 is 33.4. The molecule has 8 nitrogen and oxygen atoms in total. The summed E-state index contributed by atoms with van der Waals surface area (Å²) >= 11 is 0. The van der Waals surface area contributed by atoms with Crippen molar-refractivity contribution in [1.82, 2.24) is 4.98 Å². The Bertz CT molecular complexity index is 1580. The number of nitrogens with two attached hydrogens (primary N) is 1. The molecule has 0 radical (unpaired) electrons. The average molecular weight is 545 g/mol. The Balaban J connectivity index is 1.55. The third-order valence-corrected chi connectivity index (χ3v) is 5.93. The van der Waals surface area contributed by atoms with Crippen molar-refractivity contribution >= 4 is 29.2 Å². The number of ether oxygens (including phenoxy) is 1. The topological polar surface area (TPSA) is 123 Å². The molecule has 40 heavy (non-hydrogen) atoms. The van der Waals surface area contributed by atoms with E-state index < -0.39 is 29.4 Å². The molecule has 3 aromatic carbocycles. The first-order chi connectivity index (χ1) is 19.3. The Morgan fingerprint density at radius 1 is 0.900 bits per heavy atom. The molecule has 0 aliphatic carbocycles. The lowest BCUT2D eigenvalue weighted by Crippen LogP contribution is -2.14. The highest BCUT2D eigenvalue weighted by Gasteiger charge is 2.17. The maximum absolute atomic E-state index is 14.5. The molecule has 0 bridgehead atoms. The molecule has 0 atom stereocenters. The summed E-state index contributed by atoms with van der Waals surface area (Å²) in [5.74, 6) is -3.31. The van der Waals surface area contributed by atoms with E-state index in [1.54, 1.807) is 42.5 Å². The van der Waals surface area contributed by atoms with Gasteiger partial charge in [-0.1, -0.05) is 25.1 Å². The average Bonchev–Trinajstić information content (AvgIpc) is 2.96. The number of nitrogens with one attached hydrogen (secondary N) is 2. The first kappa shape index (κ1) is 28.1. The van der Waals surface area contributed by atoms with E-state index in [1.165, 1.54) is 24.4 Å². The van der Waals surface area contributed by atoms with Gasteiger partial charge in [-0.05, 0) is 71.6 Å². The maximum Gasteiger partial charge on any atom is 0.341 e. The molecule has 10 heteroatoms. The predicted molar refractivity (Wildman–Crippen MR) is 147 cm³/mol. The van der Waals surface area contributed by atoms with Gasteiger partial charge in [0, 0.05) is 29.6 Å². The van der Waals surface area contributed by atoms with Gasteiger partial charge in [0.15, 0.2) is 5.82 Å². The second-order valence-electron chi connectivity index (χ2n) is 8.75. The third kappa shape index (κ3) is 6.54. The molecule has 0 aliphatic rings. The van der Waals surface area contributed by atoms with Gasteiger partial charge in [-0.25, -0.2) is 13.6 Å². The fourth-order valence-corrected chi connectivity index (χ4v) is 3.90. The standard InChI is InChI=1S/C30H26F2N4O4/c1-2-12-40-30(39)23-9-8-22(15-25(23)31)35-28(37)19-5-3-4-18(13-19)24-14-20(6-7-21(24)16-33)29(38)36-27-10-11-34-17-26(27)32/h3-11,13-15,17H,2,12,16,33H2,1H3,(H,35,37)(H,34,36,38). The highest BCUT2D eigenvalue weighted by molar-refractivity contribution is 6.06. The minimum absolute atomic E-state index is 0.00885. The molecule has 0 aliphatic heterocycles. The lowest BCUT2D eigenvalue weighted by molar-refractivity contribution is 0.0499. The zero-order valence-corrected chi connectivity index (χ0v) is 21.5. The van der Waals surface area contributed by atoms with Crippen molar-refractivity contribution in [2.75, 3.05) is 17.2 Å². The summed E-state index contributed by atoms with van der Waals surface area (Å²) in [6, 6.07) is 16.5. The van der Waals surface area contributed by atoms with Crippen LogP contribution in [0.2, 0.25) is 0 Å². The minimum atomic E-state index is -0.818. The Kier molecular flexibility index (Phi) is 8.93. The van der Waals surface area contributed by atoms with Crippen LogP contribution < -0.4 is 16.4 Å². The quantitative estimate of drug-likeness (QED) is 0.237. The van der Waals surface area contributed by atoms with Crippen LogP contribution in [0.4, 0.5) is 20.2 Å². The molecule has 1 heterocycles. The number of carbonyl (C=O) groups excluding carboxylic acids is 3. The van der Waals surface area contributed by atoms with Crippen LogP contribution in [0.1, 0.15) is 50.0 Å². The number of amides is 2. The monoisotopic (exact) mass is 544 g/mol. The van der Waals surface area contributed by atoms with Gasteiger partial charge in [-0.15, -0.1) is 0 Å². The Morgan fingerprint density at radius 2 is 1.68 bits per heavy atom. The van der Waals surface area contributed by atoms with Crippen LogP contribution in [-0.4, -0.2) is 29.4 Å². The fourth-order valence-electron chi connectivity index (χ4n) is 3.90. The second-order valence-corrected chi connectivity index (χ2v) is 8.75. The van der Waals surface area contributed by atoms with Gasteiger partial charge in [0.25, 0.3) is 11.8 Å². The number of benzene rings is 3. The van der Waals surface area contributed by atoms with Gasteiger partial charge in [0.2, 0.25) is 0 Å². The Hall–Kier alpha value is -4.96. The number of hydrogen-bond donors (Lipinski definition) is 3. The van der Waals surface area contributed by atoms with Crippen molar-refractivity contribution < 1.29 is 27.9 Å². The largest absolute Gasteiger partial charge is 0.462 e. The van der Waals surface area contributed by atoms with Gasteiger partial charge in [-0.3, -0.25) is 14.6 Å². The van der Waals surface area contributed by atoms with E-state index in [4.69, 9.17) is 10.5 Å². The van der Waals surface area contributed by atoms with E-state index in [0.29, 0.717) is 17.5 Å². The summed E-state index contributed by atoms with van der Waals surface area (Å²) in [5.41, 5.74) is 8.31. The molecule has 0 saturated heterocycles. The number of carbonyl (C=O) groups is 3. The Morgan fingerprint density at radius 3 is 2.40 bits per heavy atom. The molecule has 0 fully saturated rings. The number of nitrogens with zero attached hydrogens (tertiary/aromatic N) is 1. The lowest BCUT2D eigenvalue weighted by atomic mass is 9.95. The first-order valence-corrected chi connectivity index (χ1v) is 12.4. The number of rotatable bonds is 9. The predicted octanol–water partition coefficient (Wildman–Crippen LogP) is 5.56. The lowest BCUT2D eigenvalue weighted by Gasteiger charge is -2.13. The van der Waals surface area contributed by atoms with E-state index in [2.05, 4.69) is 15.6 Å². The van der Waals surface area contributed by atoms with Crippen molar-refractivity contribution in [3.8, 4) is 11.1 Å². The van der Waals surface area contributed by atoms with E-state index in [-0.39, 0.29) is 41.2 Å². The summed E-state index contributed by atoms with van der Waals surface area (Å²) in [6.45, 7) is 2.17. The minimum Gasteiger partial charge on any atom is -0.462 e. The molecule has 2 amide bonds. The molecule has 0 spiro atoms. The molecule has 204 valence electrons. The molecule has 4 aromatic rings. The second kappa shape index (κ2) is 12.7. The van der Waals surface area contributed by atoms with E-state index in [1.807, 2.05) is 6.92 Å². The SMILES string of the molecule is CCCOC(=O)c1ccc(NC(=O)c2cccc(-c3cc(C(=O)Nc4ccncc4F)ccc3CN)c2)cc1F. The van der Waals surface area contributed by atoms with Crippen molar-refractivity contribution in [1.29, 1.82) is 0 Å². The number of hydrogen-bond acceptors (Lipinski definition) is 6. The van der Waals surface area contributed by atoms with Gasteiger partial charge in [0.05, 0.1) is 24.1 Å². The highest BCUT2D eigenvalue weighted by atomic mass is 19.1.